The second-order valence-corrected chi connectivity index (χ2v) is 5.51. The van der Waals surface area contributed by atoms with Crippen LogP contribution in [0.2, 0.25) is 5.02 Å². The molecular formula is C15H15ClN4. The van der Waals surface area contributed by atoms with Gasteiger partial charge in [0.25, 0.3) is 0 Å². The van der Waals surface area contributed by atoms with Gasteiger partial charge in [-0.05, 0) is 32.4 Å². The molecule has 1 aromatic carbocycles. The zero-order valence-corrected chi connectivity index (χ0v) is 12.4. The molecule has 0 saturated heterocycles. The van der Waals surface area contributed by atoms with Gasteiger partial charge in [-0.2, -0.15) is 0 Å². The van der Waals surface area contributed by atoms with E-state index in [1.807, 2.05) is 36.0 Å². The van der Waals surface area contributed by atoms with Crippen molar-refractivity contribution >= 4 is 22.8 Å². The summed E-state index contributed by atoms with van der Waals surface area (Å²) in [6.45, 7) is 6.19. The molecule has 0 fully saturated rings. The molecule has 0 saturated carbocycles. The predicted molar refractivity (Wildman–Crippen MR) is 80.9 cm³/mol. The molecule has 0 N–H and O–H groups in total. The number of rotatable bonds is 2. The van der Waals surface area contributed by atoms with Gasteiger partial charge in [0, 0.05) is 16.6 Å². The van der Waals surface area contributed by atoms with Gasteiger partial charge < -0.3 is 4.57 Å². The summed E-state index contributed by atoms with van der Waals surface area (Å²) in [5.74, 6) is 0. The lowest BCUT2D eigenvalue weighted by atomic mass is 10.1. The van der Waals surface area contributed by atoms with E-state index in [-0.39, 0.29) is 0 Å². The number of aromatic nitrogens is 4. The minimum atomic E-state index is 0.310. The van der Waals surface area contributed by atoms with Crippen molar-refractivity contribution in [1.29, 1.82) is 0 Å². The first-order valence-electron chi connectivity index (χ1n) is 6.52. The molecule has 0 bridgehead atoms. The Morgan fingerprint density at radius 2 is 1.95 bits per heavy atom. The molecule has 0 aliphatic rings. The van der Waals surface area contributed by atoms with Crippen molar-refractivity contribution in [2.75, 3.05) is 0 Å². The van der Waals surface area contributed by atoms with Gasteiger partial charge in [0.15, 0.2) is 5.65 Å². The van der Waals surface area contributed by atoms with Crippen LogP contribution in [-0.2, 0) is 0 Å². The predicted octanol–water partition coefficient (Wildman–Crippen LogP) is 4.04. The highest BCUT2D eigenvalue weighted by atomic mass is 35.5. The summed E-state index contributed by atoms with van der Waals surface area (Å²) in [5.41, 5.74) is 4.48. The summed E-state index contributed by atoms with van der Waals surface area (Å²) in [7, 11) is 0. The Balaban J connectivity index is 2.23. The van der Waals surface area contributed by atoms with Crippen molar-refractivity contribution in [1.82, 2.24) is 19.5 Å². The van der Waals surface area contributed by atoms with Crippen LogP contribution in [0.15, 0.2) is 30.9 Å². The Hall–Kier alpha value is -1.94. The van der Waals surface area contributed by atoms with E-state index in [9.17, 15) is 0 Å². The third kappa shape index (κ3) is 2.06. The van der Waals surface area contributed by atoms with Crippen molar-refractivity contribution in [3.05, 3.63) is 41.4 Å². The molecule has 0 amide bonds. The number of aryl methyl sites for hydroxylation is 1. The lowest BCUT2D eigenvalue weighted by molar-refractivity contribution is 0.612. The van der Waals surface area contributed by atoms with Crippen LogP contribution < -0.4 is 0 Å². The normalized spacial score (nSPS) is 11.4. The van der Waals surface area contributed by atoms with Crippen molar-refractivity contribution in [2.24, 2.45) is 0 Å². The smallest absolute Gasteiger partial charge is 0.164 e. The van der Waals surface area contributed by atoms with E-state index in [1.165, 1.54) is 0 Å². The summed E-state index contributed by atoms with van der Waals surface area (Å²) in [4.78, 5) is 13.2. The summed E-state index contributed by atoms with van der Waals surface area (Å²) in [6, 6.07) is 6.24. The van der Waals surface area contributed by atoms with Crippen LogP contribution in [0.3, 0.4) is 0 Å². The van der Waals surface area contributed by atoms with Gasteiger partial charge in [-0.1, -0.05) is 23.7 Å². The monoisotopic (exact) mass is 286 g/mol. The van der Waals surface area contributed by atoms with Gasteiger partial charge in [-0.3, -0.25) is 0 Å². The highest BCUT2D eigenvalue weighted by molar-refractivity contribution is 6.31. The highest BCUT2D eigenvalue weighted by Crippen LogP contribution is 2.28. The van der Waals surface area contributed by atoms with E-state index in [1.54, 1.807) is 6.33 Å². The van der Waals surface area contributed by atoms with Crippen LogP contribution in [0, 0.1) is 6.92 Å². The Bertz CT molecular complexity index is 777. The third-order valence-electron chi connectivity index (χ3n) is 3.36. The number of imidazole rings is 1. The van der Waals surface area contributed by atoms with Crippen LogP contribution in [0.1, 0.15) is 25.5 Å². The zero-order chi connectivity index (χ0) is 14.3. The second kappa shape index (κ2) is 4.87. The summed E-state index contributed by atoms with van der Waals surface area (Å²) < 4.78 is 2.04. The van der Waals surface area contributed by atoms with E-state index in [0.29, 0.717) is 6.04 Å². The van der Waals surface area contributed by atoms with E-state index < -0.39 is 0 Å². The Morgan fingerprint density at radius 1 is 1.15 bits per heavy atom. The highest BCUT2D eigenvalue weighted by Gasteiger charge is 2.13. The average molecular weight is 287 g/mol. The molecule has 20 heavy (non-hydrogen) atoms. The molecule has 0 spiro atoms. The first-order chi connectivity index (χ1) is 9.58. The second-order valence-electron chi connectivity index (χ2n) is 5.10. The summed E-state index contributed by atoms with van der Waals surface area (Å²) in [5, 5.41) is 0.734. The van der Waals surface area contributed by atoms with Crippen molar-refractivity contribution in [3.63, 3.8) is 0 Å². The number of hydrogen-bond acceptors (Lipinski definition) is 3. The summed E-state index contributed by atoms with van der Waals surface area (Å²) >= 11 is 6.20. The molecule has 0 radical (unpaired) electrons. The molecule has 0 atom stereocenters. The maximum atomic E-state index is 6.20. The minimum Gasteiger partial charge on any atom is -0.313 e. The molecule has 3 aromatic rings. The van der Waals surface area contributed by atoms with Crippen LogP contribution in [0.4, 0.5) is 0 Å². The Kier molecular flexibility index (Phi) is 3.18. The lowest BCUT2D eigenvalue weighted by Crippen LogP contribution is -2.00. The van der Waals surface area contributed by atoms with E-state index in [4.69, 9.17) is 11.6 Å². The largest absolute Gasteiger partial charge is 0.313 e. The maximum Gasteiger partial charge on any atom is 0.164 e. The van der Waals surface area contributed by atoms with Gasteiger partial charge in [-0.15, -0.1) is 0 Å². The SMILES string of the molecule is Cc1ccc(-c2ncnc3c2ncn3C(C)C)cc1Cl. The fourth-order valence-corrected chi connectivity index (χ4v) is 2.36. The molecule has 3 rings (SSSR count). The van der Waals surface area contributed by atoms with Crippen molar-refractivity contribution in [2.45, 2.75) is 26.8 Å². The quantitative estimate of drug-likeness (QED) is 0.714. The molecular weight excluding hydrogens is 272 g/mol. The first kappa shape index (κ1) is 13.1. The standard InChI is InChI=1S/C15H15ClN4/c1-9(2)20-8-19-14-13(17-7-18-15(14)20)11-5-4-10(3)12(16)6-11/h4-9H,1-3H3. The van der Waals surface area contributed by atoms with E-state index in [2.05, 4.69) is 28.8 Å². The summed E-state index contributed by atoms with van der Waals surface area (Å²) in [6.07, 6.45) is 3.38. The maximum absolute atomic E-state index is 6.20. The van der Waals surface area contributed by atoms with Gasteiger partial charge >= 0.3 is 0 Å². The van der Waals surface area contributed by atoms with Gasteiger partial charge in [0.05, 0.1) is 6.33 Å². The molecule has 0 aliphatic heterocycles. The number of halogens is 1. The number of hydrogen-bond donors (Lipinski definition) is 0. The molecule has 4 nitrogen and oxygen atoms in total. The van der Waals surface area contributed by atoms with Crippen LogP contribution in [0.25, 0.3) is 22.4 Å². The molecule has 0 aliphatic carbocycles. The van der Waals surface area contributed by atoms with Gasteiger partial charge in [-0.25, -0.2) is 15.0 Å². The Morgan fingerprint density at radius 3 is 2.65 bits per heavy atom. The third-order valence-corrected chi connectivity index (χ3v) is 3.77. The topological polar surface area (TPSA) is 43.6 Å². The van der Waals surface area contributed by atoms with E-state index in [0.717, 1.165) is 33.0 Å². The zero-order valence-electron chi connectivity index (χ0n) is 11.6. The number of benzene rings is 1. The molecule has 2 heterocycles. The van der Waals surface area contributed by atoms with Crippen molar-refractivity contribution in [3.8, 4) is 11.3 Å². The molecule has 0 unspecified atom stereocenters. The lowest BCUT2D eigenvalue weighted by Gasteiger charge is -2.08. The Labute approximate surface area is 122 Å². The van der Waals surface area contributed by atoms with Crippen LogP contribution >= 0.6 is 11.6 Å². The van der Waals surface area contributed by atoms with Gasteiger partial charge in [0.2, 0.25) is 0 Å². The average Bonchev–Trinajstić information content (AvgIpc) is 2.86. The minimum absolute atomic E-state index is 0.310. The van der Waals surface area contributed by atoms with Gasteiger partial charge in [0.1, 0.15) is 17.5 Å². The fourth-order valence-electron chi connectivity index (χ4n) is 2.18. The number of fused-ring (bicyclic) bond motifs is 1. The number of nitrogens with zero attached hydrogens (tertiary/aromatic N) is 4. The molecule has 5 heteroatoms. The van der Waals surface area contributed by atoms with Crippen LogP contribution in [0.5, 0.6) is 0 Å². The van der Waals surface area contributed by atoms with Crippen molar-refractivity contribution < 1.29 is 0 Å². The molecule has 102 valence electrons. The first-order valence-corrected chi connectivity index (χ1v) is 6.90. The van der Waals surface area contributed by atoms with Crippen LogP contribution in [-0.4, -0.2) is 19.5 Å². The molecule has 2 aromatic heterocycles. The fraction of sp³-hybridized carbons (Fsp3) is 0.267. The van der Waals surface area contributed by atoms with E-state index >= 15 is 0 Å².